The van der Waals surface area contributed by atoms with Crippen LogP contribution >= 0.6 is 23.2 Å². The molecule has 2 aromatic rings. The Morgan fingerprint density at radius 3 is 2.50 bits per heavy atom. The summed E-state index contributed by atoms with van der Waals surface area (Å²) < 4.78 is 0. The molecule has 0 amide bonds. The second-order valence-electron chi connectivity index (χ2n) is 3.62. The summed E-state index contributed by atoms with van der Waals surface area (Å²) in [4.78, 5) is 0. The molecule has 1 aromatic heterocycles. The standard InChI is InChI=1S/C12H10Cl2N2/c1-7-4-3-5-9(8(7)2)10-6-11(13)15-16-12(10)14/h3-6H,1-2H3. The number of hydrogen-bond acceptors (Lipinski definition) is 2. The average Bonchev–Trinajstić information content (AvgIpc) is 2.26. The molecule has 0 saturated carbocycles. The van der Waals surface area contributed by atoms with Crippen molar-refractivity contribution in [3.63, 3.8) is 0 Å². The van der Waals surface area contributed by atoms with E-state index in [2.05, 4.69) is 30.1 Å². The summed E-state index contributed by atoms with van der Waals surface area (Å²) in [7, 11) is 0. The van der Waals surface area contributed by atoms with Crippen LogP contribution in [-0.2, 0) is 0 Å². The van der Waals surface area contributed by atoms with E-state index in [9.17, 15) is 0 Å². The fourth-order valence-corrected chi connectivity index (χ4v) is 1.93. The molecule has 0 aliphatic rings. The lowest BCUT2D eigenvalue weighted by atomic mass is 9.99. The quantitative estimate of drug-likeness (QED) is 0.765. The molecule has 0 bridgehead atoms. The van der Waals surface area contributed by atoms with Crippen LogP contribution in [0.25, 0.3) is 11.1 Å². The molecular weight excluding hydrogens is 243 g/mol. The Balaban J connectivity index is 2.67. The Labute approximate surface area is 104 Å². The van der Waals surface area contributed by atoms with Crippen LogP contribution < -0.4 is 0 Å². The van der Waals surface area contributed by atoms with Gasteiger partial charge in [0.25, 0.3) is 0 Å². The molecule has 0 atom stereocenters. The van der Waals surface area contributed by atoms with Gasteiger partial charge >= 0.3 is 0 Å². The molecule has 1 aromatic carbocycles. The van der Waals surface area contributed by atoms with Gasteiger partial charge in [-0.15, -0.1) is 10.2 Å². The van der Waals surface area contributed by atoms with Crippen LogP contribution in [0, 0.1) is 13.8 Å². The average molecular weight is 253 g/mol. The normalized spacial score (nSPS) is 10.5. The van der Waals surface area contributed by atoms with Gasteiger partial charge in [0.15, 0.2) is 10.3 Å². The monoisotopic (exact) mass is 252 g/mol. The van der Waals surface area contributed by atoms with E-state index in [-0.39, 0.29) is 0 Å². The molecule has 0 fully saturated rings. The van der Waals surface area contributed by atoms with E-state index in [0.29, 0.717) is 10.3 Å². The first-order valence-corrected chi connectivity index (χ1v) is 5.60. The van der Waals surface area contributed by atoms with Crippen LogP contribution in [0.2, 0.25) is 10.3 Å². The molecule has 2 nitrogen and oxygen atoms in total. The highest BCUT2D eigenvalue weighted by Crippen LogP contribution is 2.31. The van der Waals surface area contributed by atoms with Gasteiger partial charge in [-0.1, -0.05) is 41.4 Å². The first-order valence-electron chi connectivity index (χ1n) is 4.85. The third-order valence-electron chi connectivity index (χ3n) is 2.61. The van der Waals surface area contributed by atoms with E-state index >= 15 is 0 Å². The second-order valence-corrected chi connectivity index (χ2v) is 4.36. The lowest BCUT2D eigenvalue weighted by molar-refractivity contribution is 1.03. The first-order chi connectivity index (χ1) is 7.59. The fraction of sp³-hybridized carbons (Fsp3) is 0.167. The maximum absolute atomic E-state index is 6.02. The summed E-state index contributed by atoms with van der Waals surface area (Å²) >= 11 is 11.8. The van der Waals surface area contributed by atoms with Crippen LogP contribution in [0.15, 0.2) is 24.3 Å². The van der Waals surface area contributed by atoms with E-state index in [1.807, 2.05) is 12.1 Å². The number of rotatable bonds is 1. The lowest BCUT2D eigenvalue weighted by Crippen LogP contribution is -1.91. The third-order valence-corrected chi connectivity index (χ3v) is 3.08. The number of hydrogen-bond donors (Lipinski definition) is 0. The van der Waals surface area contributed by atoms with Crippen molar-refractivity contribution in [2.45, 2.75) is 13.8 Å². The molecule has 0 saturated heterocycles. The fourth-order valence-electron chi connectivity index (χ4n) is 1.58. The van der Waals surface area contributed by atoms with Gasteiger partial charge in [0.1, 0.15) is 0 Å². The number of aryl methyl sites for hydroxylation is 1. The smallest absolute Gasteiger partial charge is 0.137 e. The summed E-state index contributed by atoms with van der Waals surface area (Å²) in [6, 6.07) is 7.78. The van der Waals surface area contributed by atoms with E-state index in [4.69, 9.17) is 23.2 Å². The zero-order valence-electron chi connectivity index (χ0n) is 8.96. The van der Waals surface area contributed by atoms with Gasteiger partial charge < -0.3 is 0 Å². The van der Waals surface area contributed by atoms with Crippen LogP contribution in [0.4, 0.5) is 0 Å². The Morgan fingerprint density at radius 2 is 1.75 bits per heavy atom. The highest BCUT2D eigenvalue weighted by atomic mass is 35.5. The Morgan fingerprint density at radius 1 is 1.00 bits per heavy atom. The van der Waals surface area contributed by atoms with Crippen LogP contribution in [0.5, 0.6) is 0 Å². The minimum Gasteiger partial charge on any atom is -0.137 e. The number of halogens is 2. The Bertz CT molecular complexity index is 539. The van der Waals surface area contributed by atoms with Crippen molar-refractivity contribution in [1.29, 1.82) is 0 Å². The van der Waals surface area contributed by atoms with Gasteiger partial charge in [-0.2, -0.15) is 0 Å². The van der Waals surface area contributed by atoms with Gasteiger partial charge in [0.05, 0.1) is 0 Å². The zero-order chi connectivity index (χ0) is 11.7. The summed E-state index contributed by atoms with van der Waals surface area (Å²) in [6.45, 7) is 4.11. The summed E-state index contributed by atoms with van der Waals surface area (Å²) in [5, 5.41) is 8.23. The summed E-state index contributed by atoms with van der Waals surface area (Å²) in [5.41, 5.74) is 4.25. The summed E-state index contributed by atoms with van der Waals surface area (Å²) in [5.74, 6) is 0. The van der Waals surface area contributed by atoms with Crippen LogP contribution in [0.3, 0.4) is 0 Å². The third kappa shape index (κ3) is 2.04. The van der Waals surface area contributed by atoms with Crippen molar-refractivity contribution in [3.05, 3.63) is 45.7 Å². The van der Waals surface area contributed by atoms with Gasteiger partial charge in [0, 0.05) is 5.56 Å². The highest BCUT2D eigenvalue weighted by Gasteiger charge is 2.10. The molecule has 0 aliphatic carbocycles. The van der Waals surface area contributed by atoms with E-state index in [1.165, 1.54) is 11.1 Å². The van der Waals surface area contributed by atoms with Crippen LogP contribution in [0.1, 0.15) is 11.1 Å². The van der Waals surface area contributed by atoms with Gasteiger partial charge in [-0.05, 0) is 36.6 Å². The predicted molar refractivity (Wildman–Crippen MR) is 67.0 cm³/mol. The topological polar surface area (TPSA) is 25.8 Å². The molecule has 82 valence electrons. The highest BCUT2D eigenvalue weighted by molar-refractivity contribution is 6.33. The van der Waals surface area contributed by atoms with Crippen molar-refractivity contribution in [1.82, 2.24) is 10.2 Å². The van der Waals surface area contributed by atoms with Gasteiger partial charge in [-0.25, -0.2) is 0 Å². The van der Waals surface area contributed by atoms with Crippen molar-refractivity contribution >= 4 is 23.2 Å². The zero-order valence-corrected chi connectivity index (χ0v) is 10.5. The SMILES string of the molecule is Cc1cccc(-c2cc(Cl)nnc2Cl)c1C. The van der Waals surface area contributed by atoms with Crippen molar-refractivity contribution in [2.24, 2.45) is 0 Å². The molecule has 16 heavy (non-hydrogen) atoms. The number of nitrogens with zero attached hydrogens (tertiary/aromatic N) is 2. The molecular formula is C12H10Cl2N2. The van der Waals surface area contributed by atoms with E-state index in [0.717, 1.165) is 11.1 Å². The molecule has 0 unspecified atom stereocenters. The van der Waals surface area contributed by atoms with Crippen LogP contribution in [-0.4, -0.2) is 10.2 Å². The van der Waals surface area contributed by atoms with Crippen molar-refractivity contribution in [3.8, 4) is 11.1 Å². The predicted octanol–water partition coefficient (Wildman–Crippen LogP) is 4.07. The first kappa shape index (κ1) is 11.4. The second kappa shape index (κ2) is 4.40. The van der Waals surface area contributed by atoms with E-state index in [1.54, 1.807) is 6.07 Å². The molecule has 0 spiro atoms. The maximum Gasteiger partial charge on any atom is 0.159 e. The van der Waals surface area contributed by atoms with Gasteiger partial charge in [-0.3, -0.25) is 0 Å². The summed E-state index contributed by atoms with van der Waals surface area (Å²) in [6.07, 6.45) is 0. The largest absolute Gasteiger partial charge is 0.159 e. The molecule has 0 N–H and O–H groups in total. The number of benzene rings is 1. The molecule has 0 radical (unpaired) electrons. The molecule has 0 aliphatic heterocycles. The molecule has 2 rings (SSSR count). The maximum atomic E-state index is 6.02. The lowest BCUT2D eigenvalue weighted by Gasteiger charge is -2.09. The molecule has 1 heterocycles. The van der Waals surface area contributed by atoms with Crippen molar-refractivity contribution < 1.29 is 0 Å². The Hall–Kier alpha value is -1.12. The van der Waals surface area contributed by atoms with Gasteiger partial charge in [0.2, 0.25) is 0 Å². The minimum atomic E-state index is 0.348. The van der Waals surface area contributed by atoms with Crippen molar-refractivity contribution in [2.75, 3.05) is 0 Å². The number of aromatic nitrogens is 2. The molecule has 4 heteroatoms. The minimum absolute atomic E-state index is 0.348. The van der Waals surface area contributed by atoms with E-state index < -0.39 is 0 Å². The Kier molecular flexibility index (Phi) is 3.13.